The fourth-order valence-electron chi connectivity index (χ4n) is 3.88. The molecule has 0 aliphatic heterocycles. The van der Waals surface area contributed by atoms with Crippen molar-refractivity contribution in [3.05, 3.63) is 83.9 Å². The molecule has 0 radical (unpaired) electrons. The van der Waals surface area contributed by atoms with Gasteiger partial charge in [0, 0.05) is 5.56 Å². The molecule has 0 atom stereocenters. The highest BCUT2D eigenvalue weighted by molar-refractivity contribution is 6.10. The van der Waals surface area contributed by atoms with E-state index in [1.54, 1.807) is 6.07 Å². The number of ether oxygens (including phenoxy) is 1. The van der Waals surface area contributed by atoms with Crippen LogP contribution in [0.3, 0.4) is 0 Å². The molecule has 0 saturated carbocycles. The molecule has 0 spiro atoms. The number of hydrogen-bond acceptors (Lipinski definition) is 3. The molecule has 0 amide bonds. The second kappa shape index (κ2) is 11.8. The van der Waals surface area contributed by atoms with Crippen LogP contribution in [-0.4, -0.2) is 23.7 Å². The van der Waals surface area contributed by atoms with Crippen LogP contribution in [0.4, 0.5) is 0 Å². The molecular formula is C28H30O4. The molecule has 4 heteroatoms. The van der Waals surface area contributed by atoms with E-state index in [9.17, 15) is 14.7 Å². The number of esters is 1. The Balaban J connectivity index is 1.93. The number of aromatic carboxylic acids is 1. The maximum absolute atomic E-state index is 12.9. The van der Waals surface area contributed by atoms with Gasteiger partial charge in [-0.3, -0.25) is 0 Å². The second-order valence-corrected chi connectivity index (χ2v) is 7.85. The van der Waals surface area contributed by atoms with Gasteiger partial charge in [-0.15, -0.1) is 0 Å². The minimum Gasteiger partial charge on any atom is -0.478 e. The standard InChI is InChI=1S/C28H30O4/c1-2-3-4-5-6-13-20-32-28(31)24-19-18-23(21-14-9-7-10-15-21)25(26(24)27(29)30)22-16-11-8-12-17-22/h7-12,14-19H,2-6,13,20H2,1H3,(H,29,30). The lowest BCUT2D eigenvalue weighted by Crippen LogP contribution is -2.14. The highest BCUT2D eigenvalue weighted by Crippen LogP contribution is 2.37. The van der Waals surface area contributed by atoms with Crippen LogP contribution in [0.5, 0.6) is 0 Å². The molecule has 32 heavy (non-hydrogen) atoms. The van der Waals surface area contributed by atoms with Crippen molar-refractivity contribution in [3.63, 3.8) is 0 Å². The van der Waals surface area contributed by atoms with E-state index in [4.69, 9.17) is 4.74 Å². The lowest BCUT2D eigenvalue weighted by Gasteiger charge is -2.17. The monoisotopic (exact) mass is 430 g/mol. The Morgan fingerprint density at radius 1 is 0.750 bits per heavy atom. The number of carboxylic acid groups (broad SMARTS) is 1. The zero-order valence-corrected chi connectivity index (χ0v) is 18.5. The van der Waals surface area contributed by atoms with Gasteiger partial charge in [-0.2, -0.15) is 0 Å². The van der Waals surface area contributed by atoms with E-state index in [0.29, 0.717) is 12.2 Å². The molecule has 0 aromatic heterocycles. The highest BCUT2D eigenvalue weighted by atomic mass is 16.5. The summed E-state index contributed by atoms with van der Waals surface area (Å²) in [6.45, 7) is 2.47. The van der Waals surface area contributed by atoms with Crippen molar-refractivity contribution in [1.82, 2.24) is 0 Å². The highest BCUT2D eigenvalue weighted by Gasteiger charge is 2.25. The first-order chi connectivity index (χ1) is 15.6. The third kappa shape index (κ3) is 5.85. The average Bonchev–Trinajstić information content (AvgIpc) is 2.83. The van der Waals surface area contributed by atoms with Gasteiger partial charge in [0.2, 0.25) is 0 Å². The molecule has 3 aromatic carbocycles. The van der Waals surface area contributed by atoms with Crippen LogP contribution in [0.1, 0.15) is 66.2 Å². The van der Waals surface area contributed by atoms with Crippen LogP contribution < -0.4 is 0 Å². The van der Waals surface area contributed by atoms with Gasteiger partial charge in [-0.1, -0.05) is 106 Å². The lowest BCUT2D eigenvalue weighted by molar-refractivity contribution is 0.0487. The van der Waals surface area contributed by atoms with Crippen molar-refractivity contribution in [1.29, 1.82) is 0 Å². The Bertz CT molecular complexity index is 1030. The van der Waals surface area contributed by atoms with Gasteiger partial charge in [0.25, 0.3) is 0 Å². The Kier molecular flexibility index (Phi) is 8.61. The molecule has 1 N–H and O–H groups in total. The summed E-state index contributed by atoms with van der Waals surface area (Å²) in [5.74, 6) is -1.74. The number of carbonyl (C=O) groups is 2. The number of rotatable bonds is 11. The number of carbonyl (C=O) groups excluding carboxylic acids is 1. The van der Waals surface area contributed by atoms with E-state index in [1.807, 2.05) is 66.7 Å². The first kappa shape index (κ1) is 23.3. The van der Waals surface area contributed by atoms with Crippen LogP contribution in [0.25, 0.3) is 22.3 Å². The van der Waals surface area contributed by atoms with Gasteiger partial charge in [-0.25, -0.2) is 9.59 Å². The van der Waals surface area contributed by atoms with Gasteiger partial charge >= 0.3 is 11.9 Å². The molecule has 0 unspecified atom stereocenters. The fourth-order valence-corrected chi connectivity index (χ4v) is 3.88. The van der Waals surface area contributed by atoms with Crippen molar-refractivity contribution in [3.8, 4) is 22.3 Å². The smallest absolute Gasteiger partial charge is 0.339 e. The molecule has 0 fully saturated rings. The van der Waals surface area contributed by atoms with E-state index in [2.05, 4.69) is 6.92 Å². The third-order valence-electron chi connectivity index (χ3n) is 5.52. The molecule has 0 aliphatic carbocycles. The Labute approximate surface area is 189 Å². The van der Waals surface area contributed by atoms with Crippen molar-refractivity contribution in [2.75, 3.05) is 6.61 Å². The van der Waals surface area contributed by atoms with Crippen molar-refractivity contribution >= 4 is 11.9 Å². The van der Waals surface area contributed by atoms with Crippen LogP contribution >= 0.6 is 0 Å². The molecule has 166 valence electrons. The largest absolute Gasteiger partial charge is 0.478 e. The van der Waals surface area contributed by atoms with Crippen molar-refractivity contribution in [2.45, 2.75) is 45.4 Å². The summed E-state index contributed by atoms with van der Waals surface area (Å²) in [6, 6.07) is 22.3. The predicted molar refractivity (Wildman–Crippen MR) is 128 cm³/mol. The molecule has 0 heterocycles. The van der Waals surface area contributed by atoms with Gasteiger partial charge in [0.15, 0.2) is 0 Å². The molecule has 0 bridgehead atoms. The van der Waals surface area contributed by atoms with Gasteiger partial charge in [0.1, 0.15) is 0 Å². The Morgan fingerprint density at radius 2 is 1.34 bits per heavy atom. The Hall–Kier alpha value is -3.40. The second-order valence-electron chi connectivity index (χ2n) is 7.85. The zero-order chi connectivity index (χ0) is 22.8. The minimum absolute atomic E-state index is 0.0227. The molecular weight excluding hydrogens is 400 g/mol. The molecule has 3 rings (SSSR count). The number of unbranched alkanes of at least 4 members (excludes halogenated alkanes) is 5. The molecule has 4 nitrogen and oxygen atoms in total. The summed E-state index contributed by atoms with van der Waals surface area (Å²) in [5.41, 5.74) is 2.99. The summed E-state index contributed by atoms with van der Waals surface area (Å²) in [6.07, 6.45) is 6.50. The van der Waals surface area contributed by atoms with Crippen molar-refractivity contribution < 1.29 is 19.4 Å². The average molecular weight is 431 g/mol. The maximum Gasteiger partial charge on any atom is 0.339 e. The number of carboxylic acids is 1. The predicted octanol–water partition coefficient (Wildman–Crippen LogP) is 7.24. The lowest BCUT2D eigenvalue weighted by atomic mass is 9.87. The third-order valence-corrected chi connectivity index (χ3v) is 5.52. The topological polar surface area (TPSA) is 63.6 Å². The molecule has 0 aliphatic rings. The Morgan fingerprint density at radius 3 is 1.97 bits per heavy atom. The van der Waals surface area contributed by atoms with Gasteiger partial charge < -0.3 is 9.84 Å². The van der Waals surface area contributed by atoms with Crippen LogP contribution in [0.2, 0.25) is 0 Å². The van der Waals surface area contributed by atoms with Gasteiger partial charge in [-0.05, 0) is 29.2 Å². The zero-order valence-electron chi connectivity index (χ0n) is 18.5. The van der Waals surface area contributed by atoms with Gasteiger partial charge in [0.05, 0.1) is 17.7 Å². The maximum atomic E-state index is 12.9. The minimum atomic E-state index is -1.15. The summed E-state index contributed by atoms with van der Waals surface area (Å²) >= 11 is 0. The van der Waals surface area contributed by atoms with E-state index in [0.717, 1.165) is 36.0 Å². The van der Waals surface area contributed by atoms with Crippen LogP contribution in [0.15, 0.2) is 72.8 Å². The SMILES string of the molecule is CCCCCCCCOC(=O)c1ccc(-c2ccccc2)c(-c2ccccc2)c1C(=O)O. The first-order valence-electron chi connectivity index (χ1n) is 11.3. The van der Waals surface area contributed by atoms with E-state index >= 15 is 0 Å². The van der Waals surface area contributed by atoms with Crippen molar-refractivity contribution in [2.24, 2.45) is 0 Å². The molecule has 3 aromatic rings. The summed E-state index contributed by atoms with van der Waals surface area (Å²) in [4.78, 5) is 25.2. The quantitative estimate of drug-likeness (QED) is 0.257. The van der Waals surface area contributed by atoms with E-state index < -0.39 is 11.9 Å². The van der Waals surface area contributed by atoms with Crippen LogP contribution in [-0.2, 0) is 4.74 Å². The first-order valence-corrected chi connectivity index (χ1v) is 11.3. The summed E-state index contributed by atoms with van der Waals surface area (Å²) in [5, 5.41) is 10.1. The number of benzene rings is 3. The number of hydrogen-bond donors (Lipinski definition) is 1. The van der Waals surface area contributed by atoms with E-state index in [1.165, 1.54) is 19.3 Å². The van der Waals surface area contributed by atoms with Crippen LogP contribution in [0, 0.1) is 0 Å². The normalized spacial score (nSPS) is 10.7. The summed E-state index contributed by atoms with van der Waals surface area (Å²) < 4.78 is 5.46. The van der Waals surface area contributed by atoms with E-state index in [-0.39, 0.29) is 11.1 Å². The summed E-state index contributed by atoms with van der Waals surface area (Å²) in [7, 11) is 0. The molecule has 0 saturated heterocycles. The fraction of sp³-hybridized carbons (Fsp3) is 0.286.